The summed E-state index contributed by atoms with van der Waals surface area (Å²) >= 11 is 0. The van der Waals surface area contributed by atoms with Gasteiger partial charge in [0.1, 0.15) is 4.90 Å². The van der Waals surface area contributed by atoms with Crippen molar-refractivity contribution in [1.29, 1.82) is 0 Å². The van der Waals surface area contributed by atoms with E-state index in [1.807, 2.05) is 0 Å². The molecule has 9 heteroatoms. The van der Waals surface area contributed by atoms with Gasteiger partial charge >= 0.3 is 0 Å². The lowest BCUT2D eigenvalue weighted by Gasteiger charge is -2.12. The van der Waals surface area contributed by atoms with Crippen molar-refractivity contribution in [2.24, 2.45) is 0 Å². The topological polar surface area (TPSA) is 101 Å². The Morgan fingerprint density at radius 1 is 1.45 bits per heavy atom. The van der Waals surface area contributed by atoms with Crippen LogP contribution in [-0.4, -0.2) is 44.3 Å². The summed E-state index contributed by atoms with van der Waals surface area (Å²) in [6, 6.07) is -0.280. The van der Waals surface area contributed by atoms with Crippen LogP contribution in [0.15, 0.2) is 4.90 Å². The summed E-state index contributed by atoms with van der Waals surface area (Å²) in [7, 11) is 2.83. The van der Waals surface area contributed by atoms with Crippen LogP contribution in [0.5, 0.6) is 0 Å². The molecule has 7 nitrogen and oxygen atoms in total. The number of carbonyl (C=O) groups excluding carboxylic acids is 1. The molecule has 1 atom stereocenters. The second-order valence-electron chi connectivity index (χ2n) is 4.74. The van der Waals surface area contributed by atoms with Crippen LogP contribution in [0.25, 0.3) is 0 Å². The second-order valence-corrected chi connectivity index (χ2v) is 7.24. The summed E-state index contributed by atoms with van der Waals surface area (Å²) in [4.78, 5) is 11.8. The molecule has 0 aliphatic heterocycles. The highest BCUT2D eigenvalue weighted by Gasteiger charge is 2.30. The summed E-state index contributed by atoms with van der Waals surface area (Å²) in [5.74, 6) is -0.777. The van der Waals surface area contributed by atoms with E-state index in [1.165, 1.54) is 7.11 Å². The van der Waals surface area contributed by atoms with Crippen molar-refractivity contribution in [3.05, 3.63) is 11.4 Å². The van der Waals surface area contributed by atoms with Crippen LogP contribution in [0.4, 0.5) is 0 Å². The molecule has 1 heterocycles. The maximum atomic E-state index is 12.1. The molecular formula is C11H18ClN3O4S. The zero-order valence-corrected chi connectivity index (χ0v) is 13.3. The number of amides is 1. The summed E-state index contributed by atoms with van der Waals surface area (Å²) < 4.78 is 28.2. The number of nitrogens with one attached hydrogen (secondary N) is 2. The van der Waals surface area contributed by atoms with E-state index in [0.29, 0.717) is 12.3 Å². The first-order chi connectivity index (χ1) is 9.18. The zero-order valence-electron chi connectivity index (χ0n) is 11.7. The molecule has 2 N–H and O–H groups in total. The fourth-order valence-electron chi connectivity index (χ4n) is 1.72. The van der Waals surface area contributed by atoms with Gasteiger partial charge in [-0.15, -0.1) is 0 Å². The lowest BCUT2D eigenvalue weighted by Crippen LogP contribution is -2.36. The van der Waals surface area contributed by atoms with Crippen molar-refractivity contribution >= 4 is 25.6 Å². The Morgan fingerprint density at radius 3 is 2.50 bits per heavy atom. The van der Waals surface area contributed by atoms with Gasteiger partial charge in [0.2, 0.25) is 0 Å². The van der Waals surface area contributed by atoms with Crippen molar-refractivity contribution in [3.63, 3.8) is 0 Å². The fourth-order valence-corrected chi connectivity index (χ4v) is 3.10. The Hall–Kier alpha value is -1.12. The van der Waals surface area contributed by atoms with E-state index in [9.17, 15) is 13.2 Å². The van der Waals surface area contributed by atoms with E-state index in [4.69, 9.17) is 15.4 Å². The summed E-state index contributed by atoms with van der Waals surface area (Å²) in [5, 5.41) is 8.93. The first-order valence-corrected chi connectivity index (χ1v) is 8.32. The number of H-pyrrole nitrogens is 1. The van der Waals surface area contributed by atoms with Gasteiger partial charge in [-0.05, 0) is 12.8 Å². The quantitative estimate of drug-likeness (QED) is 0.767. The minimum atomic E-state index is -4.07. The molecule has 114 valence electrons. The monoisotopic (exact) mass is 323 g/mol. The number of rotatable bonds is 6. The first kappa shape index (κ1) is 16.9. The highest BCUT2D eigenvalue weighted by molar-refractivity contribution is 8.13. The first-order valence-electron chi connectivity index (χ1n) is 6.01. The van der Waals surface area contributed by atoms with Crippen LogP contribution in [0, 0.1) is 0 Å². The number of halogens is 1. The molecule has 0 aromatic carbocycles. The number of carbonyl (C=O) groups is 1. The number of aromatic amines is 1. The Balaban J connectivity index is 3.16. The van der Waals surface area contributed by atoms with E-state index < -0.39 is 15.0 Å². The van der Waals surface area contributed by atoms with Crippen molar-refractivity contribution < 1.29 is 17.9 Å². The largest absolute Gasteiger partial charge is 0.383 e. The van der Waals surface area contributed by atoms with E-state index in [1.54, 1.807) is 20.8 Å². The van der Waals surface area contributed by atoms with Gasteiger partial charge in [-0.25, -0.2) is 8.42 Å². The van der Waals surface area contributed by atoms with Gasteiger partial charge in [-0.2, -0.15) is 5.10 Å². The highest BCUT2D eigenvalue weighted by Crippen LogP contribution is 2.27. The predicted molar refractivity (Wildman–Crippen MR) is 74.5 cm³/mol. The van der Waals surface area contributed by atoms with Crippen molar-refractivity contribution in [3.8, 4) is 0 Å². The van der Waals surface area contributed by atoms with Crippen LogP contribution in [-0.2, 0) is 13.8 Å². The molecule has 0 spiro atoms. The molecule has 0 saturated heterocycles. The summed E-state index contributed by atoms with van der Waals surface area (Å²) in [6.45, 7) is 5.57. The fraction of sp³-hybridized carbons (Fsp3) is 0.636. The molecule has 20 heavy (non-hydrogen) atoms. The van der Waals surface area contributed by atoms with Crippen molar-refractivity contribution in [2.75, 3.05) is 13.7 Å². The molecule has 0 bridgehead atoms. The number of aromatic nitrogens is 2. The molecule has 1 aromatic heterocycles. The third-order valence-corrected chi connectivity index (χ3v) is 3.94. The molecule has 1 rings (SSSR count). The van der Waals surface area contributed by atoms with Crippen LogP contribution in [0.3, 0.4) is 0 Å². The molecule has 1 amide bonds. The van der Waals surface area contributed by atoms with Crippen LogP contribution in [0.2, 0.25) is 0 Å². The smallest absolute Gasteiger partial charge is 0.273 e. The Labute approximate surface area is 122 Å². The highest BCUT2D eigenvalue weighted by atomic mass is 35.7. The lowest BCUT2D eigenvalue weighted by molar-refractivity contribution is 0.0897. The van der Waals surface area contributed by atoms with Crippen LogP contribution >= 0.6 is 10.7 Å². The number of hydrogen-bond acceptors (Lipinski definition) is 5. The second kappa shape index (κ2) is 6.55. The van der Waals surface area contributed by atoms with Gasteiger partial charge in [-0.3, -0.25) is 9.89 Å². The van der Waals surface area contributed by atoms with Gasteiger partial charge in [0.05, 0.1) is 12.3 Å². The van der Waals surface area contributed by atoms with E-state index in [0.717, 1.165) is 0 Å². The number of hydrogen-bond donors (Lipinski definition) is 2. The average molecular weight is 324 g/mol. The number of ether oxygens (including phenoxy) is 1. The average Bonchev–Trinajstić information content (AvgIpc) is 2.73. The third-order valence-electron chi connectivity index (χ3n) is 2.58. The normalized spacial score (nSPS) is 13.5. The van der Waals surface area contributed by atoms with Crippen molar-refractivity contribution in [2.45, 2.75) is 37.6 Å². The summed E-state index contributed by atoms with van der Waals surface area (Å²) in [6.07, 6.45) is 0. The Kier molecular flexibility index (Phi) is 5.55. The minimum Gasteiger partial charge on any atom is -0.383 e. The maximum absolute atomic E-state index is 12.1. The van der Waals surface area contributed by atoms with Gasteiger partial charge in [0, 0.05) is 23.8 Å². The molecule has 0 radical (unpaired) electrons. The molecule has 1 unspecified atom stereocenters. The molecular weight excluding hydrogens is 306 g/mol. The number of nitrogens with zero attached hydrogens (tertiary/aromatic N) is 1. The van der Waals surface area contributed by atoms with Gasteiger partial charge in [0.15, 0.2) is 5.69 Å². The Morgan fingerprint density at radius 2 is 2.05 bits per heavy atom. The summed E-state index contributed by atoms with van der Waals surface area (Å²) in [5.41, 5.74) is 0.0798. The molecule has 0 fully saturated rings. The minimum absolute atomic E-state index is 0.163. The molecule has 0 saturated carbocycles. The molecule has 0 aliphatic carbocycles. The zero-order chi connectivity index (χ0) is 15.5. The van der Waals surface area contributed by atoms with Gasteiger partial charge in [0.25, 0.3) is 15.0 Å². The van der Waals surface area contributed by atoms with Crippen LogP contribution < -0.4 is 5.32 Å². The predicted octanol–water partition coefficient (Wildman–Crippen LogP) is 1.23. The van der Waals surface area contributed by atoms with E-state index in [-0.39, 0.29) is 22.5 Å². The van der Waals surface area contributed by atoms with Gasteiger partial charge < -0.3 is 10.1 Å². The standard InChI is InChI=1S/C11H18ClN3O4S/c1-6(2)8-10(20(12,17)18)9(15-14-8)11(16)13-7(3)5-19-4/h6-7H,5H2,1-4H3,(H,13,16)(H,14,15). The van der Waals surface area contributed by atoms with Crippen LogP contribution in [0.1, 0.15) is 42.9 Å². The van der Waals surface area contributed by atoms with E-state index in [2.05, 4.69) is 15.5 Å². The van der Waals surface area contributed by atoms with E-state index >= 15 is 0 Å². The Bertz CT molecular complexity index is 582. The van der Waals surface area contributed by atoms with Gasteiger partial charge in [-0.1, -0.05) is 13.8 Å². The lowest BCUT2D eigenvalue weighted by atomic mass is 10.1. The van der Waals surface area contributed by atoms with Crippen molar-refractivity contribution in [1.82, 2.24) is 15.5 Å². The maximum Gasteiger partial charge on any atom is 0.273 e. The number of methoxy groups -OCH3 is 1. The molecule has 0 aliphatic rings. The molecule has 1 aromatic rings. The SMILES string of the molecule is COCC(C)NC(=O)c1n[nH]c(C(C)C)c1S(=O)(=O)Cl. The third kappa shape index (κ3) is 3.94.